The molecule has 7 nitrogen and oxygen atoms in total. The van der Waals surface area contributed by atoms with Crippen LogP contribution >= 0.6 is 58.0 Å². The van der Waals surface area contributed by atoms with Gasteiger partial charge in [0.15, 0.2) is 0 Å². The molecule has 0 saturated heterocycles. The van der Waals surface area contributed by atoms with Crippen molar-refractivity contribution in [1.82, 2.24) is 9.97 Å². The van der Waals surface area contributed by atoms with E-state index in [4.69, 9.17) is 35.4 Å². The number of pyridine rings is 2. The number of thiocarbonyl (C=S) groups is 1. The molecular weight excluding hydrogens is 714 g/mol. The Balaban J connectivity index is 0.000000218. The van der Waals surface area contributed by atoms with Crippen molar-refractivity contribution in [3.63, 3.8) is 0 Å². The molecule has 1 amide bonds. The number of benzene rings is 2. The van der Waals surface area contributed by atoms with Crippen molar-refractivity contribution in [3.05, 3.63) is 124 Å². The molecule has 11 heteroatoms. The number of aromatic nitrogens is 2. The van der Waals surface area contributed by atoms with Gasteiger partial charge < -0.3 is 18.1 Å². The van der Waals surface area contributed by atoms with Crippen LogP contribution in [0.3, 0.4) is 0 Å². The molecule has 4 heterocycles. The predicted octanol–water partition coefficient (Wildman–Crippen LogP) is 7.97. The summed E-state index contributed by atoms with van der Waals surface area (Å²) in [6.07, 6.45) is 3.53. The highest BCUT2D eigenvalue weighted by molar-refractivity contribution is 14.1. The summed E-state index contributed by atoms with van der Waals surface area (Å²) in [7, 11) is 0. The molecule has 0 aliphatic carbocycles. The van der Waals surface area contributed by atoms with Crippen LogP contribution in [0.2, 0.25) is 10.0 Å². The summed E-state index contributed by atoms with van der Waals surface area (Å²) in [5, 5.41) is 7.34. The van der Waals surface area contributed by atoms with Crippen molar-refractivity contribution in [2.45, 2.75) is 13.8 Å². The van der Waals surface area contributed by atoms with Gasteiger partial charge in [-0.05, 0) is 43.0 Å². The number of nitrogens with one attached hydrogen (secondary N) is 2. The summed E-state index contributed by atoms with van der Waals surface area (Å²) in [6, 6.07) is 18.9. The van der Waals surface area contributed by atoms with Crippen molar-refractivity contribution in [2.24, 2.45) is 9.98 Å². The van der Waals surface area contributed by atoms with Gasteiger partial charge in [-0.1, -0.05) is 94.4 Å². The maximum atomic E-state index is 11.7. The van der Waals surface area contributed by atoms with Gasteiger partial charge in [0, 0.05) is 56.1 Å². The smallest absolute Gasteiger partial charge is 0.246 e. The maximum absolute atomic E-state index is 11.7. The Morgan fingerprint density at radius 1 is 0.721 bits per heavy atom. The minimum Gasteiger partial charge on any atom is -0.358 e. The topological polar surface area (TPSA) is 91.6 Å². The minimum atomic E-state index is -0.140. The summed E-state index contributed by atoms with van der Waals surface area (Å²) in [4.78, 5) is 32.0. The Bertz CT molecular complexity index is 1580. The average molecular weight is 745 g/mol. The van der Waals surface area contributed by atoms with Crippen LogP contribution in [0.25, 0.3) is 0 Å². The molecular formula is C32H30Cl2IN6OS-. The average Bonchev–Trinajstić information content (AvgIpc) is 3.24. The summed E-state index contributed by atoms with van der Waals surface area (Å²) < 4.78 is 0. The Morgan fingerprint density at radius 2 is 1.16 bits per heavy atom. The zero-order chi connectivity index (χ0) is 30.2. The second kappa shape index (κ2) is 16.0. The molecule has 0 atom stereocenters. The van der Waals surface area contributed by atoms with Crippen molar-refractivity contribution in [3.8, 4) is 0 Å². The molecule has 222 valence electrons. The van der Waals surface area contributed by atoms with Crippen LogP contribution in [-0.2, 0) is 4.79 Å². The van der Waals surface area contributed by atoms with Crippen LogP contribution in [-0.4, -0.2) is 50.3 Å². The molecule has 0 radical (unpaired) electrons. The first-order valence-electron chi connectivity index (χ1n) is 12.8. The van der Waals surface area contributed by atoms with Gasteiger partial charge in [-0.15, -0.1) is 0 Å². The second-order valence-corrected chi connectivity index (χ2v) is 10.4. The van der Waals surface area contributed by atoms with E-state index in [0.717, 1.165) is 50.7 Å². The number of rotatable bonds is 2. The van der Waals surface area contributed by atoms with E-state index in [1.54, 1.807) is 12.3 Å². The first-order chi connectivity index (χ1) is 20.3. The molecule has 43 heavy (non-hydrogen) atoms. The Morgan fingerprint density at radius 3 is 1.65 bits per heavy atom. The van der Waals surface area contributed by atoms with Gasteiger partial charge in [-0.2, -0.15) is 0 Å². The SMILES string of the molecule is CI.Cc1cc2c(cn1)C(c1ccccc1Cl)=NCC(=O)N2.Cc1cc2c(cn1)C(c1ccccc1Cl)=NCC(=S)N2.[CH3-]. The zero-order valence-electron chi connectivity index (χ0n) is 24.1. The quantitative estimate of drug-likeness (QED) is 0.0941. The van der Waals surface area contributed by atoms with Gasteiger partial charge >= 0.3 is 0 Å². The predicted molar refractivity (Wildman–Crippen MR) is 193 cm³/mol. The van der Waals surface area contributed by atoms with Crippen molar-refractivity contribution in [1.29, 1.82) is 0 Å². The molecule has 6 rings (SSSR count). The lowest BCUT2D eigenvalue weighted by atomic mass is 10.0. The Labute approximate surface area is 281 Å². The highest BCUT2D eigenvalue weighted by Crippen LogP contribution is 2.27. The number of amides is 1. The van der Waals surface area contributed by atoms with Crippen LogP contribution in [0.4, 0.5) is 11.4 Å². The summed E-state index contributed by atoms with van der Waals surface area (Å²) in [5.41, 5.74) is 8.34. The lowest BCUT2D eigenvalue weighted by Crippen LogP contribution is -2.13. The van der Waals surface area contributed by atoms with Crippen LogP contribution in [0.1, 0.15) is 33.6 Å². The number of carbonyl (C=O) groups is 1. The van der Waals surface area contributed by atoms with Crippen LogP contribution in [0, 0.1) is 21.3 Å². The summed E-state index contributed by atoms with van der Waals surface area (Å²) in [5.74, 6) is -0.140. The molecule has 2 N–H and O–H groups in total. The molecule has 0 spiro atoms. The van der Waals surface area contributed by atoms with Gasteiger partial charge in [0.1, 0.15) is 11.5 Å². The summed E-state index contributed by atoms with van der Waals surface area (Å²) in [6.45, 7) is 4.35. The number of fused-ring (bicyclic) bond motifs is 2. The van der Waals surface area contributed by atoms with E-state index >= 15 is 0 Å². The van der Waals surface area contributed by atoms with E-state index in [0.29, 0.717) is 27.3 Å². The van der Waals surface area contributed by atoms with Crippen molar-refractivity contribution in [2.75, 3.05) is 28.7 Å². The number of carbonyl (C=O) groups excluding carboxylic acids is 1. The molecule has 2 aliphatic heterocycles. The van der Waals surface area contributed by atoms with E-state index in [1.165, 1.54) is 0 Å². The molecule has 2 aromatic carbocycles. The first-order valence-corrected chi connectivity index (χ1v) is 16.1. The monoisotopic (exact) mass is 743 g/mol. The van der Waals surface area contributed by atoms with Gasteiger partial charge in [0.2, 0.25) is 5.91 Å². The first kappa shape index (κ1) is 34.2. The van der Waals surface area contributed by atoms with E-state index < -0.39 is 0 Å². The largest absolute Gasteiger partial charge is 0.358 e. The van der Waals surface area contributed by atoms with E-state index in [2.05, 4.69) is 53.2 Å². The van der Waals surface area contributed by atoms with E-state index in [1.807, 2.05) is 79.6 Å². The van der Waals surface area contributed by atoms with Crippen molar-refractivity contribution < 1.29 is 4.79 Å². The molecule has 4 aromatic rings. The molecule has 0 saturated carbocycles. The van der Waals surface area contributed by atoms with Gasteiger partial charge in [0.25, 0.3) is 0 Å². The van der Waals surface area contributed by atoms with Crippen LogP contribution in [0.15, 0.2) is 83.0 Å². The fourth-order valence-electron chi connectivity index (χ4n) is 4.32. The van der Waals surface area contributed by atoms with Gasteiger partial charge in [-0.3, -0.25) is 24.7 Å². The normalized spacial score (nSPS) is 13.3. The third-order valence-corrected chi connectivity index (χ3v) is 7.05. The highest BCUT2D eigenvalue weighted by Gasteiger charge is 2.20. The third kappa shape index (κ3) is 8.44. The maximum Gasteiger partial charge on any atom is 0.246 e. The number of aryl methyl sites for hydroxylation is 2. The molecule has 0 unspecified atom stereocenters. The second-order valence-electron chi connectivity index (χ2n) is 9.13. The van der Waals surface area contributed by atoms with Crippen molar-refractivity contribution >= 4 is 91.7 Å². The number of aliphatic imine (C=N–C) groups is 2. The highest BCUT2D eigenvalue weighted by atomic mass is 127. The lowest BCUT2D eigenvalue weighted by molar-refractivity contribution is -0.114. The number of hydrogen-bond acceptors (Lipinski definition) is 6. The van der Waals surface area contributed by atoms with Crippen LogP contribution < -0.4 is 10.6 Å². The van der Waals surface area contributed by atoms with Gasteiger partial charge in [0.05, 0.1) is 29.3 Å². The molecule has 2 aliphatic rings. The number of anilines is 2. The van der Waals surface area contributed by atoms with E-state index in [9.17, 15) is 4.79 Å². The van der Waals surface area contributed by atoms with Crippen LogP contribution in [0.5, 0.6) is 0 Å². The lowest BCUT2D eigenvalue weighted by Gasteiger charge is -2.11. The summed E-state index contributed by atoms with van der Waals surface area (Å²) >= 11 is 20.0. The standard InChI is InChI=1S/C15H12ClN3O.C15H12ClN3S.CH3I.CH3/c2*1-9-6-13-11(7-17-9)15(18-8-14(20)19-13)10-4-2-3-5-12(10)16;1-2;/h2*2-7H,8H2,1H3,(H,19,20);1H3;1H3/q;;;-1. The Kier molecular flexibility index (Phi) is 12.7. The minimum absolute atomic E-state index is 0. The molecule has 0 fully saturated rings. The number of hydrogen-bond donors (Lipinski definition) is 2. The number of halogens is 3. The fraction of sp³-hybridized carbons (Fsp3) is 0.156. The van der Waals surface area contributed by atoms with E-state index in [-0.39, 0.29) is 19.9 Å². The molecule has 2 aromatic heterocycles. The zero-order valence-corrected chi connectivity index (χ0v) is 28.6. The third-order valence-electron chi connectivity index (χ3n) is 6.16. The number of alkyl halides is 1. The fourth-order valence-corrected chi connectivity index (χ4v) is 4.95. The number of nitrogens with zero attached hydrogens (tertiary/aromatic N) is 4. The Hall–Kier alpha value is -3.25. The molecule has 0 bridgehead atoms. The van der Waals surface area contributed by atoms with Gasteiger partial charge in [-0.25, -0.2) is 0 Å².